The van der Waals surface area contributed by atoms with Gasteiger partial charge < -0.3 is 10.1 Å². The van der Waals surface area contributed by atoms with Crippen LogP contribution in [0.25, 0.3) is 0 Å². The monoisotopic (exact) mass is 378 g/mol. The number of aryl methyl sites for hydroxylation is 1. The molecule has 2 rings (SSSR count). The Morgan fingerprint density at radius 2 is 1.88 bits per heavy atom. The summed E-state index contributed by atoms with van der Waals surface area (Å²) < 4.78 is 18.3. The summed E-state index contributed by atoms with van der Waals surface area (Å²) >= 11 is 1.22. The number of benzene rings is 1. The highest BCUT2D eigenvalue weighted by atomic mass is 32.1. The molecule has 0 unspecified atom stereocenters. The van der Waals surface area contributed by atoms with E-state index in [4.69, 9.17) is 4.74 Å². The third-order valence-corrected chi connectivity index (χ3v) is 4.58. The van der Waals surface area contributed by atoms with Crippen LogP contribution in [0, 0.1) is 12.7 Å². The first-order chi connectivity index (χ1) is 12.0. The van der Waals surface area contributed by atoms with Crippen molar-refractivity contribution in [1.82, 2.24) is 10.3 Å². The molecule has 26 heavy (non-hydrogen) atoms. The lowest BCUT2D eigenvalue weighted by Crippen LogP contribution is -2.46. The fraction of sp³-hybridized carbons (Fsp3) is 0.421. The quantitative estimate of drug-likeness (QED) is 0.807. The van der Waals surface area contributed by atoms with Gasteiger partial charge >= 0.3 is 5.97 Å². The van der Waals surface area contributed by atoms with Crippen molar-refractivity contribution in [2.24, 2.45) is 0 Å². The molecule has 1 amide bonds. The highest BCUT2D eigenvalue weighted by molar-refractivity contribution is 7.13. The molecule has 1 aromatic carbocycles. The van der Waals surface area contributed by atoms with Crippen LogP contribution >= 0.6 is 11.3 Å². The van der Waals surface area contributed by atoms with Gasteiger partial charge in [-0.3, -0.25) is 4.79 Å². The minimum Gasteiger partial charge on any atom is -0.448 e. The number of hydrogen-bond donors (Lipinski definition) is 1. The molecular weight excluding hydrogens is 355 g/mol. The van der Waals surface area contributed by atoms with E-state index >= 15 is 0 Å². The van der Waals surface area contributed by atoms with Crippen LogP contribution in [0.5, 0.6) is 0 Å². The number of carbonyl (C=O) groups is 2. The molecule has 0 saturated carbocycles. The SMILES string of the molecule is Cc1nc(Cc2ccc(F)cc2)sc1C(=O)O[C@@H](C)C(=O)NC(C)(C)C. The molecule has 0 bridgehead atoms. The van der Waals surface area contributed by atoms with Gasteiger partial charge in [0.2, 0.25) is 0 Å². The maximum absolute atomic E-state index is 13.0. The van der Waals surface area contributed by atoms with Gasteiger partial charge in [-0.1, -0.05) is 12.1 Å². The van der Waals surface area contributed by atoms with Crippen LogP contribution in [0.3, 0.4) is 0 Å². The van der Waals surface area contributed by atoms with Crippen LogP contribution < -0.4 is 5.32 Å². The van der Waals surface area contributed by atoms with Gasteiger partial charge in [-0.05, 0) is 52.3 Å². The second-order valence-electron chi connectivity index (χ2n) is 7.11. The Morgan fingerprint density at radius 3 is 2.46 bits per heavy atom. The van der Waals surface area contributed by atoms with Gasteiger partial charge in [0.05, 0.1) is 10.7 Å². The van der Waals surface area contributed by atoms with Gasteiger partial charge in [0.25, 0.3) is 5.91 Å². The van der Waals surface area contributed by atoms with Crippen molar-refractivity contribution in [1.29, 1.82) is 0 Å². The molecule has 0 spiro atoms. The topological polar surface area (TPSA) is 68.3 Å². The summed E-state index contributed by atoms with van der Waals surface area (Å²) in [5, 5.41) is 3.50. The van der Waals surface area contributed by atoms with E-state index in [1.54, 1.807) is 19.1 Å². The first kappa shape index (κ1) is 20.0. The van der Waals surface area contributed by atoms with Gasteiger partial charge in [0, 0.05) is 12.0 Å². The highest BCUT2D eigenvalue weighted by Crippen LogP contribution is 2.22. The number of nitrogens with one attached hydrogen (secondary N) is 1. The Bertz CT molecular complexity index is 794. The maximum atomic E-state index is 13.0. The van der Waals surface area contributed by atoms with Gasteiger partial charge in [0.15, 0.2) is 6.10 Å². The standard InChI is InChI=1S/C19H23FN2O3S/c1-11-16(18(24)25-12(2)17(23)22-19(3,4)5)26-15(21-11)10-13-6-8-14(20)9-7-13/h6-9,12H,10H2,1-5H3,(H,22,23)/t12-/m0/s1. The number of halogens is 1. The van der Waals surface area contributed by atoms with Gasteiger partial charge in [0.1, 0.15) is 10.7 Å². The van der Waals surface area contributed by atoms with E-state index in [9.17, 15) is 14.0 Å². The summed E-state index contributed by atoms with van der Waals surface area (Å²) in [4.78, 5) is 29.2. The van der Waals surface area contributed by atoms with E-state index in [0.29, 0.717) is 17.0 Å². The minimum atomic E-state index is -0.899. The second-order valence-corrected chi connectivity index (χ2v) is 8.20. The number of nitrogens with zero attached hydrogens (tertiary/aromatic N) is 1. The molecule has 0 aliphatic heterocycles. The van der Waals surface area contributed by atoms with E-state index in [0.717, 1.165) is 10.6 Å². The van der Waals surface area contributed by atoms with Crippen molar-refractivity contribution < 1.29 is 18.7 Å². The molecule has 7 heteroatoms. The van der Waals surface area contributed by atoms with Crippen molar-refractivity contribution in [3.8, 4) is 0 Å². The molecule has 5 nitrogen and oxygen atoms in total. The Kier molecular flexibility index (Phi) is 6.13. The summed E-state index contributed by atoms with van der Waals surface area (Å²) in [6.07, 6.45) is -0.400. The number of esters is 1. The van der Waals surface area contributed by atoms with Crippen molar-refractivity contribution in [2.45, 2.75) is 52.7 Å². The second kappa shape index (κ2) is 7.95. The first-order valence-corrected chi connectivity index (χ1v) is 9.10. The van der Waals surface area contributed by atoms with Crippen LogP contribution in [0.1, 0.15) is 53.6 Å². The largest absolute Gasteiger partial charge is 0.448 e. The molecule has 0 radical (unpaired) electrons. The summed E-state index contributed by atoms with van der Waals surface area (Å²) in [5.74, 6) is -1.21. The summed E-state index contributed by atoms with van der Waals surface area (Å²) in [7, 11) is 0. The lowest BCUT2D eigenvalue weighted by atomic mass is 10.1. The van der Waals surface area contributed by atoms with E-state index < -0.39 is 17.6 Å². The molecule has 1 heterocycles. The van der Waals surface area contributed by atoms with Gasteiger partial charge in [-0.2, -0.15) is 0 Å². The molecule has 0 aliphatic carbocycles. The molecular formula is C19H23FN2O3S. The minimum absolute atomic E-state index is 0.296. The van der Waals surface area contributed by atoms with Crippen molar-refractivity contribution >= 4 is 23.2 Å². The number of thiazole rings is 1. The van der Waals surface area contributed by atoms with E-state index in [1.165, 1.54) is 30.4 Å². The number of aromatic nitrogens is 1. The molecule has 2 aromatic rings. The van der Waals surface area contributed by atoms with Gasteiger partial charge in [-0.15, -0.1) is 11.3 Å². The van der Waals surface area contributed by atoms with Crippen LogP contribution in [-0.4, -0.2) is 28.5 Å². The number of rotatable bonds is 5. The Balaban J connectivity index is 2.04. The molecule has 0 saturated heterocycles. The number of carbonyl (C=O) groups excluding carboxylic acids is 2. The van der Waals surface area contributed by atoms with Gasteiger partial charge in [-0.25, -0.2) is 14.2 Å². The van der Waals surface area contributed by atoms with Crippen LogP contribution in [-0.2, 0) is 16.0 Å². The molecule has 1 aromatic heterocycles. The van der Waals surface area contributed by atoms with Crippen molar-refractivity contribution in [3.63, 3.8) is 0 Å². The first-order valence-electron chi connectivity index (χ1n) is 8.29. The molecule has 0 aliphatic rings. The third-order valence-electron chi connectivity index (χ3n) is 3.45. The molecule has 1 N–H and O–H groups in total. The molecule has 0 fully saturated rings. The zero-order valence-corrected chi connectivity index (χ0v) is 16.4. The van der Waals surface area contributed by atoms with E-state index in [-0.39, 0.29) is 11.7 Å². The Labute approximate surface area is 156 Å². The van der Waals surface area contributed by atoms with Crippen molar-refractivity contribution in [2.75, 3.05) is 0 Å². The van der Waals surface area contributed by atoms with E-state index in [1.807, 2.05) is 20.8 Å². The normalized spacial score (nSPS) is 12.5. The summed E-state index contributed by atoms with van der Waals surface area (Å²) in [6.45, 7) is 8.83. The van der Waals surface area contributed by atoms with Crippen LogP contribution in [0.15, 0.2) is 24.3 Å². The predicted molar refractivity (Wildman–Crippen MR) is 98.8 cm³/mol. The predicted octanol–water partition coefficient (Wildman–Crippen LogP) is 3.64. The average Bonchev–Trinajstić information content (AvgIpc) is 2.88. The zero-order valence-electron chi connectivity index (χ0n) is 15.6. The zero-order chi connectivity index (χ0) is 19.5. The fourth-order valence-corrected chi connectivity index (χ4v) is 3.21. The fourth-order valence-electron chi connectivity index (χ4n) is 2.23. The summed E-state index contributed by atoms with van der Waals surface area (Å²) in [6, 6.07) is 6.15. The Hall–Kier alpha value is -2.28. The smallest absolute Gasteiger partial charge is 0.351 e. The maximum Gasteiger partial charge on any atom is 0.351 e. The van der Waals surface area contributed by atoms with Crippen LogP contribution in [0.4, 0.5) is 4.39 Å². The Morgan fingerprint density at radius 1 is 1.27 bits per heavy atom. The average molecular weight is 378 g/mol. The highest BCUT2D eigenvalue weighted by Gasteiger charge is 2.25. The lowest BCUT2D eigenvalue weighted by Gasteiger charge is -2.23. The number of amides is 1. The molecule has 1 atom stereocenters. The van der Waals surface area contributed by atoms with Crippen molar-refractivity contribution in [3.05, 3.63) is 51.2 Å². The van der Waals surface area contributed by atoms with Crippen LogP contribution in [0.2, 0.25) is 0 Å². The number of hydrogen-bond acceptors (Lipinski definition) is 5. The van der Waals surface area contributed by atoms with E-state index in [2.05, 4.69) is 10.3 Å². The third kappa shape index (κ3) is 5.62. The molecule has 140 valence electrons. The number of ether oxygens (including phenoxy) is 1. The summed E-state index contributed by atoms with van der Waals surface area (Å²) in [5.41, 5.74) is 1.05. The lowest BCUT2D eigenvalue weighted by molar-refractivity contribution is -0.130.